The van der Waals surface area contributed by atoms with Crippen LogP contribution in [0.1, 0.15) is 71.4 Å². The lowest BCUT2D eigenvalue weighted by Crippen LogP contribution is -2.32. The molecule has 4 rings (SSSR count). The van der Waals surface area contributed by atoms with E-state index in [2.05, 4.69) is 35.1 Å². The summed E-state index contributed by atoms with van der Waals surface area (Å²) in [5.41, 5.74) is 0.370. The standard InChI is InChI=1S/C22H33N3O4/c1-20(2,3)16-12-17(25(24(16)4)13-15-6-5-11-29-15)23-18(26)21-7-9-22(14-21,10-8-21)19(27)28/h12,15H,5-11,13-14H2,1-4H3,(H,27,28)/t15-,21?,22?/m1/s1. The molecule has 160 valence electrons. The molecule has 0 spiro atoms. The predicted octanol–water partition coefficient (Wildman–Crippen LogP) is 2.77. The van der Waals surface area contributed by atoms with Crippen molar-refractivity contribution in [2.45, 2.75) is 83.8 Å². The number of aromatic nitrogens is 2. The van der Waals surface area contributed by atoms with Gasteiger partial charge in [0.25, 0.3) is 5.91 Å². The summed E-state index contributed by atoms with van der Waals surface area (Å²) in [5, 5.41) is 9.65. The normalized spacial score (nSPS) is 32.3. The van der Waals surface area contributed by atoms with Crippen LogP contribution in [0.25, 0.3) is 0 Å². The molecule has 1 atom stereocenters. The minimum absolute atomic E-state index is 0.0820. The van der Waals surface area contributed by atoms with E-state index in [-0.39, 0.29) is 17.4 Å². The molecule has 7 heteroatoms. The Morgan fingerprint density at radius 1 is 1.24 bits per heavy atom. The first-order valence-electron chi connectivity index (χ1n) is 10.8. The van der Waals surface area contributed by atoms with Gasteiger partial charge >= 0.3 is 5.97 Å². The summed E-state index contributed by atoms with van der Waals surface area (Å²) >= 11 is 0. The van der Waals surface area contributed by atoms with E-state index in [0.717, 1.165) is 25.1 Å². The van der Waals surface area contributed by atoms with Crippen molar-refractivity contribution in [1.29, 1.82) is 0 Å². The van der Waals surface area contributed by atoms with E-state index in [4.69, 9.17) is 4.74 Å². The van der Waals surface area contributed by atoms with Crippen molar-refractivity contribution >= 4 is 11.9 Å². The molecule has 1 saturated heterocycles. The van der Waals surface area contributed by atoms with Gasteiger partial charge in [-0.05, 0) is 44.9 Å². The lowest BCUT2D eigenvalue weighted by molar-refractivity contribution is -0.148. The third-order valence-electron chi connectivity index (χ3n) is 7.37. The van der Waals surface area contributed by atoms with Gasteiger partial charge in [-0.2, -0.15) is 4.99 Å². The second-order valence-electron chi connectivity index (χ2n) is 10.3. The van der Waals surface area contributed by atoms with Crippen molar-refractivity contribution in [3.8, 4) is 0 Å². The molecule has 3 aliphatic rings. The molecule has 7 nitrogen and oxygen atoms in total. The SMILES string of the molecule is Cn1c(C(C)(C)C)cc(=NC(=O)C23CCC(C(=O)O)(CC2)C3)n1C[C@H]1CCCO1. The fraction of sp³-hybridized carbons (Fsp3) is 0.773. The summed E-state index contributed by atoms with van der Waals surface area (Å²) in [5.74, 6) is -0.905. The third-order valence-corrected chi connectivity index (χ3v) is 7.37. The second kappa shape index (κ2) is 6.83. The molecule has 2 saturated carbocycles. The van der Waals surface area contributed by atoms with E-state index >= 15 is 0 Å². The molecule has 0 unspecified atom stereocenters. The van der Waals surface area contributed by atoms with Crippen molar-refractivity contribution in [3.05, 3.63) is 17.2 Å². The van der Waals surface area contributed by atoms with Crippen LogP contribution < -0.4 is 5.49 Å². The summed E-state index contributed by atoms with van der Waals surface area (Å²) in [6.45, 7) is 7.91. The number of carboxylic acids is 1. The van der Waals surface area contributed by atoms with Crippen LogP contribution in [-0.2, 0) is 33.3 Å². The summed E-state index contributed by atoms with van der Waals surface area (Å²) in [4.78, 5) is 29.6. The molecule has 2 bridgehead atoms. The Kier molecular flexibility index (Phi) is 4.80. The van der Waals surface area contributed by atoms with Gasteiger partial charge < -0.3 is 9.84 Å². The van der Waals surface area contributed by atoms with Crippen LogP contribution in [0.4, 0.5) is 0 Å². The Labute approximate surface area is 171 Å². The van der Waals surface area contributed by atoms with Crippen LogP contribution in [0.5, 0.6) is 0 Å². The first kappa shape index (κ1) is 20.4. The Morgan fingerprint density at radius 3 is 2.41 bits per heavy atom. The molecular formula is C22H33N3O4. The van der Waals surface area contributed by atoms with Crippen molar-refractivity contribution in [1.82, 2.24) is 9.36 Å². The number of rotatable bonds is 4. The smallest absolute Gasteiger partial charge is 0.309 e. The molecule has 1 amide bonds. The van der Waals surface area contributed by atoms with Crippen molar-refractivity contribution in [2.24, 2.45) is 22.9 Å². The minimum atomic E-state index is -0.757. The Morgan fingerprint density at radius 2 is 1.90 bits per heavy atom. The lowest BCUT2D eigenvalue weighted by Gasteiger charge is -2.23. The average molecular weight is 404 g/mol. The lowest BCUT2D eigenvalue weighted by atomic mass is 9.82. The summed E-state index contributed by atoms with van der Waals surface area (Å²) in [6, 6.07) is 2.01. The Balaban J connectivity index is 1.71. The van der Waals surface area contributed by atoms with Gasteiger partial charge in [0.15, 0.2) is 5.49 Å². The van der Waals surface area contributed by atoms with Gasteiger partial charge in [0.2, 0.25) is 0 Å². The fourth-order valence-electron chi connectivity index (χ4n) is 5.57. The number of hydrogen-bond donors (Lipinski definition) is 1. The van der Waals surface area contributed by atoms with E-state index in [0.29, 0.717) is 44.1 Å². The third kappa shape index (κ3) is 3.37. The molecule has 0 aromatic carbocycles. The van der Waals surface area contributed by atoms with Crippen LogP contribution in [0, 0.1) is 10.8 Å². The number of aliphatic carboxylic acids is 1. The first-order chi connectivity index (χ1) is 13.6. The van der Waals surface area contributed by atoms with Crippen molar-refractivity contribution in [2.75, 3.05) is 6.61 Å². The van der Waals surface area contributed by atoms with Gasteiger partial charge in [-0.3, -0.25) is 19.0 Å². The maximum atomic E-state index is 13.3. The van der Waals surface area contributed by atoms with Crippen LogP contribution in [0.3, 0.4) is 0 Å². The molecule has 1 aliphatic heterocycles. The largest absolute Gasteiger partial charge is 0.481 e. The summed E-state index contributed by atoms with van der Waals surface area (Å²) in [7, 11) is 2.01. The monoisotopic (exact) mass is 403 g/mol. The van der Waals surface area contributed by atoms with Crippen LogP contribution in [-0.4, -0.2) is 39.1 Å². The zero-order valence-electron chi connectivity index (χ0n) is 18.0. The molecule has 1 N–H and O–H groups in total. The van der Waals surface area contributed by atoms with Gasteiger partial charge in [0.05, 0.1) is 23.5 Å². The fourth-order valence-corrected chi connectivity index (χ4v) is 5.57. The van der Waals surface area contributed by atoms with Gasteiger partial charge in [-0.1, -0.05) is 20.8 Å². The highest BCUT2D eigenvalue weighted by atomic mass is 16.5. The molecule has 2 heterocycles. The molecule has 1 aromatic rings. The van der Waals surface area contributed by atoms with E-state index in [1.54, 1.807) is 0 Å². The van der Waals surface area contributed by atoms with E-state index in [1.807, 2.05) is 13.1 Å². The first-order valence-corrected chi connectivity index (χ1v) is 10.8. The number of fused-ring (bicyclic) bond motifs is 2. The molecule has 0 radical (unpaired) electrons. The molecule has 2 aliphatic carbocycles. The van der Waals surface area contributed by atoms with Gasteiger partial charge in [0.1, 0.15) is 0 Å². The van der Waals surface area contributed by atoms with Gasteiger partial charge in [-0.25, -0.2) is 0 Å². The van der Waals surface area contributed by atoms with Crippen molar-refractivity contribution < 1.29 is 19.4 Å². The average Bonchev–Trinajstić information content (AvgIpc) is 3.41. The number of carboxylic acid groups (broad SMARTS) is 1. The highest BCUT2D eigenvalue weighted by molar-refractivity contribution is 5.87. The maximum Gasteiger partial charge on any atom is 0.309 e. The van der Waals surface area contributed by atoms with E-state index < -0.39 is 16.8 Å². The highest BCUT2D eigenvalue weighted by Gasteiger charge is 2.61. The zero-order valence-corrected chi connectivity index (χ0v) is 18.0. The number of carbonyl (C=O) groups is 2. The molecular weight excluding hydrogens is 370 g/mol. The Hall–Kier alpha value is -1.89. The number of amides is 1. The van der Waals surface area contributed by atoms with Crippen LogP contribution in [0.2, 0.25) is 0 Å². The zero-order chi connectivity index (χ0) is 21.0. The van der Waals surface area contributed by atoms with Gasteiger partial charge in [-0.15, -0.1) is 0 Å². The number of carbonyl (C=O) groups excluding carboxylic acids is 1. The van der Waals surface area contributed by atoms with Crippen LogP contribution >= 0.6 is 0 Å². The molecule has 3 fully saturated rings. The minimum Gasteiger partial charge on any atom is -0.481 e. The quantitative estimate of drug-likeness (QED) is 0.838. The van der Waals surface area contributed by atoms with E-state index in [1.165, 1.54) is 0 Å². The van der Waals surface area contributed by atoms with Crippen molar-refractivity contribution in [3.63, 3.8) is 0 Å². The van der Waals surface area contributed by atoms with E-state index in [9.17, 15) is 14.7 Å². The summed E-state index contributed by atoms with van der Waals surface area (Å²) < 4.78 is 9.98. The number of ether oxygens (including phenoxy) is 1. The van der Waals surface area contributed by atoms with Crippen LogP contribution in [0.15, 0.2) is 11.1 Å². The predicted molar refractivity (Wildman–Crippen MR) is 107 cm³/mol. The Bertz CT molecular complexity index is 888. The summed E-state index contributed by atoms with van der Waals surface area (Å²) in [6.07, 6.45) is 5.08. The second-order valence-corrected chi connectivity index (χ2v) is 10.3. The topological polar surface area (TPSA) is 85.8 Å². The molecule has 29 heavy (non-hydrogen) atoms. The highest BCUT2D eigenvalue weighted by Crippen LogP contribution is 2.62. The maximum absolute atomic E-state index is 13.3. The number of hydrogen-bond acceptors (Lipinski definition) is 3. The molecule has 1 aromatic heterocycles. The van der Waals surface area contributed by atoms with Gasteiger partial charge in [0, 0.05) is 30.8 Å². The number of nitrogens with zero attached hydrogens (tertiary/aromatic N) is 3.